The van der Waals surface area contributed by atoms with Crippen LogP contribution in [0.3, 0.4) is 0 Å². The first kappa shape index (κ1) is 14.0. The van der Waals surface area contributed by atoms with Crippen molar-refractivity contribution in [3.63, 3.8) is 0 Å². The normalized spacial score (nSPS) is 10.6. The molecule has 94 valence electrons. The average molecular weight is 300 g/mol. The molecule has 1 heterocycles. The third-order valence-corrected chi connectivity index (χ3v) is 3.40. The standard InChI is InChI=1S/C12H18BrN3O/c1-4-7-16-12(17)11(13)10(8-14-16)15-9(5-2)6-3/h4,8-9,15H,1,5-7H2,2-3H3. The predicted molar refractivity (Wildman–Crippen MR) is 74.4 cm³/mol. The zero-order chi connectivity index (χ0) is 12.8. The molecule has 0 amide bonds. The van der Waals surface area contributed by atoms with E-state index in [1.54, 1.807) is 12.3 Å². The van der Waals surface area contributed by atoms with Crippen molar-refractivity contribution in [3.8, 4) is 0 Å². The first-order valence-corrected chi connectivity index (χ1v) is 6.56. The number of rotatable bonds is 6. The summed E-state index contributed by atoms with van der Waals surface area (Å²) in [6.07, 6.45) is 5.35. The van der Waals surface area contributed by atoms with E-state index in [0.717, 1.165) is 18.5 Å². The lowest BCUT2D eigenvalue weighted by Crippen LogP contribution is -2.26. The van der Waals surface area contributed by atoms with Crippen LogP contribution >= 0.6 is 15.9 Å². The molecular weight excluding hydrogens is 282 g/mol. The van der Waals surface area contributed by atoms with E-state index in [1.807, 2.05) is 0 Å². The van der Waals surface area contributed by atoms with E-state index in [2.05, 4.69) is 46.8 Å². The summed E-state index contributed by atoms with van der Waals surface area (Å²) in [5.41, 5.74) is 0.616. The quantitative estimate of drug-likeness (QED) is 0.822. The summed E-state index contributed by atoms with van der Waals surface area (Å²) in [5, 5.41) is 7.40. The molecule has 0 unspecified atom stereocenters. The Bertz CT molecular complexity index is 438. The Labute approximate surface area is 110 Å². The SMILES string of the molecule is C=CCn1ncc(NC(CC)CC)c(Br)c1=O. The molecule has 1 aromatic heterocycles. The lowest BCUT2D eigenvalue weighted by molar-refractivity contribution is 0.639. The fraction of sp³-hybridized carbons (Fsp3) is 0.500. The Morgan fingerprint density at radius 2 is 2.24 bits per heavy atom. The van der Waals surface area contributed by atoms with Gasteiger partial charge in [0.1, 0.15) is 4.47 Å². The zero-order valence-corrected chi connectivity index (χ0v) is 11.8. The maximum Gasteiger partial charge on any atom is 0.283 e. The Hall–Kier alpha value is -1.10. The van der Waals surface area contributed by atoms with Crippen LogP contribution < -0.4 is 10.9 Å². The number of nitrogens with zero attached hydrogens (tertiary/aromatic N) is 2. The molecule has 17 heavy (non-hydrogen) atoms. The number of hydrogen-bond acceptors (Lipinski definition) is 3. The van der Waals surface area contributed by atoms with Crippen molar-refractivity contribution in [3.05, 3.63) is 33.7 Å². The van der Waals surface area contributed by atoms with Crippen LogP contribution in [-0.4, -0.2) is 15.8 Å². The summed E-state index contributed by atoms with van der Waals surface area (Å²) in [5.74, 6) is 0. The Balaban J connectivity index is 3.00. The second-order valence-electron chi connectivity index (χ2n) is 3.81. The summed E-state index contributed by atoms with van der Waals surface area (Å²) < 4.78 is 1.90. The number of halogens is 1. The molecule has 0 saturated carbocycles. The highest BCUT2D eigenvalue weighted by Gasteiger charge is 2.10. The number of nitrogens with one attached hydrogen (secondary N) is 1. The molecule has 0 radical (unpaired) electrons. The van der Waals surface area contributed by atoms with Gasteiger partial charge in [-0.3, -0.25) is 4.79 Å². The van der Waals surface area contributed by atoms with Crippen molar-refractivity contribution in [1.82, 2.24) is 9.78 Å². The van der Waals surface area contributed by atoms with Crippen molar-refractivity contribution >= 4 is 21.6 Å². The molecule has 0 atom stereocenters. The Morgan fingerprint density at radius 1 is 1.59 bits per heavy atom. The third-order valence-electron chi connectivity index (χ3n) is 2.63. The van der Waals surface area contributed by atoms with Gasteiger partial charge >= 0.3 is 0 Å². The summed E-state index contributed by atoms with van der Waals surface area (Å²) in [4.78, 5) is 11.9. The molecule has 0 aliphatic heterocycles. The molecule has 4 nitrogen and oxygen atoms in total. The molecule has 0 aliphatic carbocycles. The van der Waals surface area contributed by atoms with Crippen LogP contribution in [0.2, 0.25) is 0 Å². The van der Waals surface area contributed by atoms with Crippen molar-refractivity contribution in [2.24, 2.45) is 0 Å². The van der Waals surface area contributed by atoms with Crippen molar-refractivity contribution in [2.45, 2.75) is 39.3 Å². The van der Waals surface area contributed by atoms with E-state index in [0.29, 0.717) is 17.1 Å². The number of anilines is 1. The second kappa shape index (κ2) is 6.59. The summed E-state index contributed by atoms with van der Waals surface area (Å²) in [7, 11) is 0. The Kier molecular flexibility index (Phi) is 5.41. The molecule has 0 fully saturated rings. The van der Waals surface area contributed by atoms with Gasteiger partial charge < -0.3 is 5.32 Å². The maximum atomic E-state index is 11.9. The largest absolute Gasteiger partial charge is 0.380 e. The average Bonchev–Trinajstić information content (AvgIpc) is 2.34. The molecule has 0 saturated heterocycles. The second-order valence-corrected chi connectivity index (χ2v) is 4.60. The molecule has 5 heteroatoms. The maximum absolute atomic E-state index is 11.9. The molecule has 1 aromatic rings. The van der Waals surface area contributed by atoms with Crippen LogP contribution in [0.1, 0.15) is 26.7 Å². The number of allylic oxidation sites excluding steroid dienone is 1. The number of aromatic nitrogens is 2. The van der Waals surface area contributed by atoms with Crippen LogP contribution in [-0.2, 0) is 6.54 Å². The van der Waals surface area contributed by atoms with E-state index in [-0.39, 0.29) is 5.56 Å². The van der Waals surface area contributed by atoms with Gasteiger partial charge in [0.25, 0.3) is 5.56 Å². The number of hydrogen-bond donors (Lipinski definition) is 1. The summed E-state index contributed by atoms with van der Waals surface area (Å²) in [6.45, 7) is 8.24. The molecule has 0 aromatic carbocycles. The van der Waals surface area contributed by atoms with Crippen LogP contribution in [0.4, 0.5) is 5.69 Å². The van der Waals surface area contributed by atoms with E-state index >= 15 is 0 Å². The van der Waals surface area contributed by atoms with Crippen molar-refractivity contribution < 1.29 is 0 Å². The molecule has 1 N–H and O–H groups in total. The van der Waals surface area contributed by atoms with Gasteiger partial charge in [-0.05, 0) is 28.8 Å². The molecule has 1 rings (SSSR count). The van der Waals surface area contributed by atoms with Gasteiger partial charge in [-0.1, -0.05) is 19.9 Å². The van der Waals surface area contributed by atoms with Crippen LogP contribution in [0.25, 0.3) is 0 Å². The van der Waals surface area contributed by atoms with Crippen molar-refractivity contribution in [1.29, 1.82) is 0 Å². The third kappa shape index (κ3) is 3.43. The van der Waals surface area contributed by atoms with Crippen LogP contribution in [0.5, 0.6) is 0 Å². The minimum absolute atomic E-state index is 0.138. The highest BCUT2D eigenvalue weighted by molar-refractivity contribution is 9.10. The minimum atomic E-state index is -0.138. The fourth-order valence-electron chi connectivity index (χ4n) is 1.53. The lowest BCUT2D eigenvalue weighted by Gasteiger charge is -2.17. The highest BCUT2D eigenvalue weighted by atomic mass is 79.9. The van der Waals surface area contributed by atoms with Gasteiger partial charge in [0.15, 0.2) is 0 Å². The van der Waals surface area contributed by atoms with Gasteiger partial charge in [0.2, 0.25) is 0 Å². The summed E-state index contributed by atoms with van der Waals surface area (Å²) >= 11 is 3.32. The summed E-state index contributed by atoms with van der Waals surface area (Å²) in [6, 6.07) is 0.364. The molecule has 0 aliphatic rings. The van der Waals surface area contributed by atoms with Gasteiger partial charge in [-0.15, -0.1) is 6.58 Å². The van der Waals surface area contributed by atoms with Gasteiger partial charge in [0, 0.05) is 6.04 Å². The topological polar surface area (TPSA) is 46.9 Å². The molecule has 0 bridgehead atoms. The first-order valence-electron chi connectivity index (χ1n) is 5.77. The van der Waals surface area contributed by atoms with E-state index in [4.69, 9.17) is 0 Å². The fourth-order valence-corrected chi connectivity index (χ4v) is 1.95. The lowest BCUT2D eigenvalue weighted by atomic mass is 10.1. The van der Waals surface area contributed by atoms with Gasteiger partial charge in [-0.25, -0.2) is 4.68 Å². The van der Waals surface area contributed by atoms with E-state index < -0.39 is 0 Å². The molecular formula is C12H18BrN3O. The van der Waals surface area contributed by atoms with Crippen LogP contribution in [0, 0.1) is 0 Å². The smallest absolute Gasteiger partial charge is 0.283 e. The first-order chi connectivity index (χ1) is 8.13. The Morgan fingerprint density at radius 3 is 2.76 bits per heavy atom. The van der Waals surface area contributed by atoms with Crippen molar-refractivity contribution in [2.75, 3.05) is 5.32 Å². The highest BCUT2D eigenvalue weighted by Crippen LogP contribution is 2.18. The molecule has 0 spiro atoms. The van der Waals surface area contributed by atoms with Gasteiger partial charge in [0.05, 0.1) is 18.4 Å². The van der Waals surface area contributed by atoms with E-state index in [9.17, 15) is 4.79 Å². The zero-order valence-electron chi connectivity index (χ0n) is 10.2. The predicted octanol–water partition coefficient (Wildman–Crippen LogP) is 2.79. The monoisotopic (exact) mass is 299 g/mol. The van der Waals surface area contributed by atoms with Crippen LogP contribution in [0.15, 0.2) is 28.1 Å². The minimum Gasteiger partial charge on any atom is -0.380 e. The van der Waals surface area contributed by atoms with E-state index in [1.165, 1.54) is 4.68 Å². The van der Waals surface area contributed by atoms with Gasteiger partial charge in [-0.2, -0.15) is 5.10 Å².